The van der Waals surface area contributed by atoms with Gasteiger partial charge in [-0.3, -0.25) is 24.2 Å². The number of aromatic nitrogens is 2. The number of carboxylic acid groups (broad SMARTS) is 1. The number of hydrogen-bond acceptors (Lipinski definition) is 7. The molecule has 0 aromatic carbocycles. The minimum Gasteiger partial charge on any atom is -0.480 e. The monoisotopic (exact) mass is 481 g/mol. The number of aliphatic imine (C=N–C) groups is 1. The Morgan fingerprint density at radius 2 is 1.82 bits per heavy atom. The number of rotatable bonds is 15. The molecule has 1 aromatic rings. The highest BCUT2D eigenvalue weighted by atomic mass is 16.4. The van der Waals surface area contributed by atoms with E-state index < -0.39 is 48.4 Å². The number of nitrogens with one attached hydrogen (secondary N) is 4. The molecule has 1 rings (SSSR count). The van der Waals surface area contributed by atoms with Crippen LogP contribution in [0.15, 0.2) is 17.5 Å². The molecule has 0 aliphatic carbocycles. The van der Waals surface area contributed by atoms with Gasteiger partial charge >= 0.3 is 5.97 Å². The molecule has 0 aliphatic heterocycles. The van der Waals surface area contributed by atoms with Crippen molar-refractivity contribution in [2.75, 3.05) is 13.1 Å². The molecule has 3 amide bonds. The lowest BCUT2D eigenvalue weighted by molar-refractivity contribution is -0.138. The Morgan fingerprint density at radius 1 is 1.15 bits per heavy atom. The third-order valence-corrected chi connectivity index (χ3v) is 5.16. The lowest BCUT2D eigenvalue weighted by Crippen LogP contribution is -2.57. The van der Waals surface area contributed by atoms with Gasteiger partial charge in [0, 0.05) is 24.9 Å². The molecule has 0 fully saturated rings. The van der Waals surface area contributed by atoms with Crippen LogP contribution in [0.25, 0.3) is 0 Å². The number of carboxylic acids is 1. The summed E-state index contributed by atoms with van der Waals surface area (Å²) in [5, 5.41) is 16.3. The molecule has 34 heavy (non-hydrogen) atoms. The number of nitrogens with zero attached hydrogens (tertiary/aromatic N) is 2. The topological polar surface area (TPSA) is 244 Å². The largest absolute Gasteiger partial charge is 0.480 e. The van der Waals surface area contributed by atoms with Gasteiger partial charge in [0.2, 0.25) is 17.7 Å². The first-order valence-electron chi connectivity index (χ1n) is 10.9. The molecule has 0 bridgehead atoms. The molecule has 0 radical (unpaired) electrons. The van der Waals surface area contributed by atoms with Crippen molar-refractivity contribution in [3.63, 3.8) is 0 Å². The quantitative estimate of drug-likeness (QED) is 0.0751. The SMILES string of the molecule is CCC(C)C(N)C(=O)NC(Cc1cnc[nH]1)C(=O)NC(CCCN=C(N)N)C(=O)NCC(=O)O. The maximum atomic E-state index is 13.1. The molecule has 4 unspecified atom stereocenters. The fourth-order valence-corrected chi connectivity index (χ4v) is 2.94. The molecule has 1 heterocycles. The average molecular weight is 482 g/mol. The molecule has 1 aromatic heterocycles. The molecule has 0 saturated carbocycles. The zero-order valence-corrected chi connectivity index (χ0v) is 19.4. The molecule has 0 spiro atoms. The smallest absolute Gasteiger partial charge is 0.322 e. The Hall–Kier alpha value is -3.68. The fraction of sp³-hybridized carbons (Fsp3) is 0.600. The summed E-state index contributed by atoms with van der Waals surface area (Å²) in [6.07, 6.45) is 4.15. The van der Waals surface area contributed by atoms with E-state index in [0.29, 0.717) is 18.5 Å². The lowest BCUT2D eigenvalue weighted by Gasteiger charge is -2.25. The van der Waals surface area contributed by atoms with Crippen molar-refractivity contribution in [2.24, 2.45) is 28.1 Å². The van der Waals surface area contributed by atoms with Gasteiger partial charge in [0.05, 0.1) is 12.4 Å². The van der Waals surface area contributed by atoms with Gasteiger partial charge in [0.25, 0.3) is 0 Å². The number of imidazole rings is 1. The molecule has 0 aliphatic rings. The molecular formula is C20H35N9O5. The first-order chi connectivity index (χ1) is 16.0. The highest BCUT2D eigenvalue weighted by Crippen LogP contribution is 2.08. The van der Waals surface area contributed by atoms with Crippen LogP contribution in [0.2, 0.25) is 0 Å². The van der Waals surface area contributed by atoms with Gasteiger partial charge in [0.15, 0.2) is 5.96 Å². The van der Waals surface area contributed by atoms with E-state index in [1.54, 1.807) is 0 Å². The van der Waals surface area contributed by atoms with Gasteiger partial charge in [-0.15, -0.1) is 0 Å². The molecule has 14 heteroatoms. The molecular weight excluding hydrogens is 446 g/mol. The number of carbonyl (C=O) groups is 4. The highest BCUT2D eigenvalue weighted by molar-refractivity contribution is 5.93. The molecule has 0 saturated heterocycles. The van der Waals surface area contributed by atoms with Gasteiger partial charge < -0.3 is 43.2 Å². The van der Waals surface area contributed by atoms with Crippen LogP contribution < -0.4 is 33.2 Å². The predicted molar refractivity (Wildman–Crippen MR) is 124 cm³/mol. The second-order valence-electron chi connectivity index (χ2n) is 7.87. The van der Waals surface area contributed by atoms with Crippen molar-refractivity contribution in [3.05, 3.63) is 18.2 Å². The number of hydrogen-bond donors (Lipinski definition) is 8. The van der Waals surface area contributed by atoms with Crippen LogP contribution in [0, 0.1) is 5.92 Å². The van der Waals surface area contributed by atoms with Gasteiger partial charge in [-0.25, -0.2) is 4.98 Å². The third-order valence-electron chi connectivity index (χ3n) is 5.16. The van der Waals surface area contributed by atoms with E-state index in [2.05, 4.69) is 30.9 Å². The third kappa shape index (κ3) is 10.3. The Morgan fingerprint density at radius 3 is 2.38 bits per heavy atom. The van der Waals surface area contributed by atoms with Crippen molar-refractivity contribution >= 4 is 29.7 Å². The van der Waals surface area contributed by atoms with Crippen LogP contribution in [0.4, 0.5) is 0 Å². The van der Waals surface area contributed by atoms with E-state index in [0.717, 1.165) is 0 Å². The summed E-state index contributed by atoms with van der Waals surface area (Å²) in [5.41, 5.74) is 17.2. The second kappa shape index (κ2) is 14.5. The van der Waals surface area contributed by atoms with Crippen molar-refractivity contribution < 1.29 is 24.3 Å². The second-order valence-corrected chi connectivity index (χ2v) is 7.87. The number of aromatic amines is 1. The van der Waals surface area contributed by atoms with E-state index in [4.69, 9.17) is 22.3 Å². The van der Waals surface area contributed by atoms with Gasteiger partial charge in [-0.05, 0) is 18.8 Å². The van der Waals surface area contributed by atoms with Gasteiger partial charge in [-0.1, -0.05) is 20.3 Å². The summed E-state index contributed by atoms with van der Waals surface area (Å²) in [6.45, 7) is 3.32. The summed E-state index contributed by atoms with van der Waals surface area (Å²) in [4.78, 5) is 59.7. The predicted octanol–water partition coefficient (Wildman–Crippen LogP) is -2.45. The van der Waals surface area contributed by atoms with Crippen LogP contribution in [0.1, 0.15) is 38.8 Å². The normalized spacial score (nSPS) is 14.2. The maximum Gasteiger partial charge on any atom is 0.322 e. The Kier molecular flexibility index (Phi) is 12.1. The summed E-state index contributed by atoms with van der Waals surface area (Å²) in [6, 6.07) is -2.96. The first-order valence-corrected chi connectivity index (χ1v) is 10.9. The maximum absolute atomic E-state index is 13.1. The average Bonchev–Trinajstić information content (AvgIpc) is 3.30. The summed E-state index contributed by atoms with van der Waals surface area (Å²) in [7, 11) is 0. The summed E-state index contributed by atoms with van der Waals surface area (Å²) < 4.78 is 0. The number of guanidine groups is 1. The highest BCUT2D eigenvalue weighted by Gasteiger charge is 2.29. The number of aliphatic carboxylic acids is 1. The van der Waals surface area contributed by atoms with E-state index >= 15 is 0 Å². The van der Waals surface area contributed by atoms with Crippen molar-refractivity contribution in [2.45, 2.75) is 57.7 Å². The van der Waals surface area contributed by atoms with E-state index in [1.807, 2.05) is 13.8 Å². The minimum absolute atomic E-state index is 0.0717. The number of nitrogens with two attached hydrogens (primary N) is 3. The molecule has 11 N–H and O–H groups in total. The standard InChI is InChI=1S/C20H35N9O5/c1-3-11(2)16(21)19(34)29-14(7-12-8-24-10-27-12)18(33)28-13(5-4-6-25-20(22)23)17(32)26-9-15(30)31/h8,10-11,13-14,16H,3-7,9,21H2,1-2H3,(H,24,27)(H,26,32)(H,28,33)(H,29,34)(H,30,31)(H4,22,23,25). The van der Waals surface area contributed by atoms with Crippen LogP contribution >= 0.6 is 0 Å². The van der Waals surface area contributed by atoms with E-state index in [1.165, 1.54) is 12.5 Å². The molecule has 190 valence electrons. The van der Waals surface area contributed by atoms with E-state index in [9.17, 15) is 19.2 Å². The summed E-state index contributed by atoms with van der Waals surface area (Å²) in [5.74, 6) is -3.30. The first kappa shape index (κ1) is 28.4. The fourth-order valence-electron chi connectivity index (χ4n) is 2.94. The Labute approximate surface area is 197 Å². The number of carbonyl (C=O) groups excluding carboxylic acids is 3. The van der Waals surface area contributed by atoms with Crippen molar-refractivity contribution in [1.82, 2.24) is 25.9 Å². The van der Waals surface area contributed by atoms with Crippen LogP contribution in [0.5, 0.6) is 0 Å². The van der Waals surface area contributed by atoms with Crippen LogP contribution in [-0.2, 0) is 25.6 Å². The Bertz CT molecular complexity index is 839. The van der Waals surface area contributed by atoms with Crippen molar-refractivity contribution in [1.29, 1.82) is 0 Å². The van der Waals surface area contributed by atoms with E-state index in [-0.39, 0.29) is 31.3 Å². The van der Waals surface area contributed by atoms with Crippen molar-refractivity contribution in [3.8, 4) is 0 Å². The van der Waals surface area contributed by atoms with Gasteiger partial charge in [0.1, 0.15) is 18.6 Å². The summed E-state index contributed by atoms with van der Waals surface area (Å²) >= 11 is 0. The molecule has 4 atom stereocenters. The number of H-pyrrole nitrogens is 1. The Balaban J connectivity index is 2.98. The lowest BCUT2D eigenvalue weighted by atomic mass is 9.98. The molecule has 14 nitrogen and oxygen atoms in total. The van der Waals surface area contributed by atoms with Crippen LogP contribution in [-0.4, -0.2) is 75.9 Å². The van der Waals surface area contributed by atoms with Gasteiger partial charge in [-0.2, -0.15) is 0 Å². The zero-order chi connectivity index (χ0) is 25.7. The number of amides is 3. The van der Waals surface area contributed by atoms with Crippen LogP contribution in [0.3, 0.4) is 0 Å². The zero-order valence-electron chi connectivity index (χ0n) is 19.4. The minimum atomic E-state index is -1.23.